The Hall–Kier alpha value is -0.900. The zero-order valence-corrected chi connectivity index (χ0v) is 9.02. The highest BCUT2D eigenvalue weighted by Gasteiger charge is 2.04. The van der Waals surface area contributed by atoms with E-state index >= 15 is 0 Å². The van der Waals surface area contributed by atoms with E-state index in [1.54, 1.807) is 13.0 Å². The van der Waals surface area contributed by atoms with Crippen molar-refractivity contribution in [3.05, 3.63) is 28.0 Å². The van der Waals surface area contributed by atoms with E-state index in [1.807, 2.05) is 6.92 Å². The normalized spacial score (nSPS) is 11.8. The number of aliphatic imine (C=N–C) groups is 1. The topological polar surface area (TPSA) is 38.4 Å². The van der Waals surface area contributed by atoms with Crippen LogP contribution >= 0.6 is 15.9 Å². The van der Waals surface area contributed by atoms with E-state index in [4.69, 9.17) is 5.73 Å². The number of benzene rings is 1. The lowest BCUT2D eigenvalue weighted by molar-refractivity contribution is 0.628. The van der Waals surface area contributed by atoms with Gasteiger partial charge in [0.1, 0.15) is 11.5 Å². The van der Waals surface area contributed by atoms with Crippen LogP contribution in [0.5, 0.6) is 0 Å². The van der Waals surface area contributed by atoms with Crippen molar-refractivity contribution in [2.75, 3.05) is 0 Å². The molecule has 0 aliphatic rings. The molecule has 1 aromatic carbocycles. The summed E-state index contributed by atoms with van der Waals surface area (Å²) in [7, 11) is 0. The quantitative estimate of drug-likeness (QED) is 0.599. The summed E-state index contributed by atoms with van der Waals surface area (Å²) in [5.41, 5.74) is 6.56. The van der Waals surface area contributed by atoms with Crippen molar-refractivity contribution in [2.24, 2.45) is 10.7 Å². The molecule has 0 amide bonds. The van der Waals surface area contributed by atoms with Crippen molar-refractivity contribution in [1.82, 2.24) is 0 Å². The molecule has 0 atom stereocenters. The van der Waals surface area contributed by atoms with Gasteiger partial charge in [-0.05, 0) is 31.5 Å². The van der Waals surface area contributed by atoms with Gasteiger partial charge in [0.25, 0.3) is 0 Å². The highest BCUT2D eigenvalue weighted by atomic mass is 79.9. The molecule has 0 heterocycles. The van der Waals surface area contributed by atoms with Crippen molar-refractivity contribution >= 4 is 27.5 Å². The van der Waals surface area contributed by atoms with Gasteiger partial charge < -0.3 is 5.73 Å². The Bertz CT molecular complexity index is 357. The van der Waals surface area contributed by atoms with Gasteiger partial charge in [-0.3, -0.25) is 0 Å². The predicted molar refractivity (Wildman–Crippen MR) is 55.8 cm³/mol. The average Bonchev–Trinajstić information content (AvgIpc) is 1.99. The molecule has 4 heteroatoms. The Kier molecular flexibility index (Phi) is 3.03. The Labute approximate surface area is 84.8 Å². The summed E-state index contributed by atoms with van der Waals surface area (Å²) in [4.78, 5) is 3.86. The Morgan fingerprint density at radius 2 is 2.15 bits per heavy atom. The molecular weight excluding hydrogens is 235 g/mol. The fourth-order valence-corrected chi connectivity index (χ4v) is 1.23. The summed E-state index contributed by atoms with van der Waals surface area (Å²) < 4.78 is 13.9. The molecule has 2 N–H and O–H groups in total. The van der Waals surface area contributed by atoms with Gasteiger partial charge in [0.2, 0.25) is 0 Å². The molecule has 2 nitrogen and oxygen atoms in total. The van der Waals surface area contributed by atoms with Gasteiger partial charge in [-0.25, -0.2) is 9.38 Å². The molecule has 0 unspecified atom stereocenters. The van der Waals surface area contributed by atoms with Crippen LogP contribution in [0, 0.1) is 12.7 Å². The van der Waals surface area contributed by atoms with Gasteiger partial charge in [-0.15, -0.1) is 0 Å². The first-order valence-electron chi connectivity index (χ1n) is 3.77. The SMILES string of the molecule is CC(N)=Nc1cc(C)c(Br)cc1F. The molecule has 1 rings (SSSR count). The van der Waals surface area contributed by atoms with E-state index in [0.29, 0.717) is 5.84 Å². The third-order valence-corrected chi connectivity index (χ3v) is 2.38. The van der Waals surface area contributed by atoms with Crippen LogP contribution in [0.15, 0.2) is 21.6 Å². The standard InChI is InChI=1S/C9H10BrFN2/c1-5-3-9(13-6(2)12)8(11)4-7(5)10/h3-4H,1-2H3,(H2,12,13). The van der Waals surface area contributed by atoms with Crippen LogP contribution in [0.2, 0.25) is 0 Å². The minimum atomic E-state index is -0.373. The molecule has 0 aliphatic heterocycles. The average molecular weight is 245 g/mol. The third kappa shape index (κ3) is 2.52. The third-order valence-electron chi connectivity index (χ3n) is 1.52. The highest BCUT2D eigenvalue weighted by Crippen LogP contribution is 2.25. The van der Waals surface area contributed by atoms with Gasteiger partial charge in [-0.1, -0.05) is 15.9 Å². The second-order valence-corrected chi connectivity index (χ2v) is 3.66. The maximum atomic E-state index is 13.2. The maximum Gasteiger partial charge on any atom is 0.150 e. The lowest BCUT2D eigenvalue weighted by Gasteiger charge is -2.02. The summed E-state index contributed by atoms with van der Waals surface area (Å²) in [5, 5.41) is 0. The van der Waals surface area contributed by atoms with E-state index in [0.717, 1.165) is 10.0 Å². The summed E-state index contributed by atoms with van der Waals surface area (Å²) in [6.45, 7) is 3.49. The maximum absolute atomic E-state index is 13.2. The van der Waals surface area contributed by atoms with Crippen LogP contribution in [-0.4, -0.2) is 5.84 Å². The molecule has 0 radical (unpaired) electrons. The molecular formula is C9H10BrFN2. The summed E-state index contributed by atoms with van der Waals surface area (Å²) in [5.74, 6) is -0.0251. The lowest BCUT2D eigenvalue weighted by Crippen LogP contribution is -2.04. The minimum Gasteiger partial charge on any atom is -0.387 e. The minimum absolute atomic E-state index is 0.278. The number of amidine groups is 1. The molecule has 0 saturated carbocycles. The van der Waals surface area contributed by atoms with Gasteiger partial charge in [0.05, 0.1) is 5.84 Å². The first-order chi connectivity index (χ1) is 6.00. The van der Waals surface area contributed by atoms with Gasteiger partial charge in [0, 0.05) is 4.47 Å². The largest absolute Gasteiger partial charge is 0.387 e. The van der Waals surface area contributed by atoms with Gasteiger partial charge in [-0.2, -0.15) is 0 Å². The van der Waals surface area contributed by atoms with Crippen LogP contribution in [0.1, 0.15) is 12.5 Å². The molecule has 1 aromatic rings. The molecule has 0 bridgehead atoms. The first-order valence-corrected chi connectivity index (χ1v) is 4.56. The smallest absolute Gasteiger partial charge is 0.150 e. The summed E-state index contributed by atoms with van der Waals surface area (Å²) >= 11 is 3.23. The second-order valence-electron chi connectivity index (χ2n) is 2.81. The van der Waals surface area contributed by atoms with Crippen molar-refractivity contribution in [3.8, 4) is 0 Å². The van der Waals surface area contributed by atoms with E-state index < -0.39 is 0 Å². The van der Waals surface area contributed by atoms with Crippen LogP contribution in [0.25, 0.3) is 0 Å². The molecule has 13 heavy (non-hydrogen) atoms. The van der Waals surface area contributed by atoms with Crippen LogP contribution < -0.4 is 5.73 Å². The number of hydrogen-bond acceptors (Lipinski definition) is 1. The zero-order valence-electron chi connectivity index (χ0n) is 7.44. The monoisotopic (exact) mass is 244 g/mol. The number of halogens is 2. The summed E-state index contributed by atoms with van der Waals surface area (Å²) in [6, 6.07) is 3.03. The Morgan fingerprint density at radius 3 is 2.69 bits per heavy atom. The second kappa shape index (κ2) is 3.87. The highest BCUT2D eigenvalue weighted by molar-refractivity contribution is 9.10. The lowest BCUT2D eigenvalue weighted by atomic mass is 10.2. The molecule has 70 valence electrons. The number of rotatable bonds is 1. The van der Waals surface area contributed by atoms with E-state index in [1.165, 1.54) is 6.07 Å². The zero-order chi connectivity index (χ0) is 10.0. The Balaban J connectivity index is 3.24. The van der Waals surface area contributed by atoms with Crippen molar-refractivity contribution in [2.45, 2.75) is 13.8 Å². The van der Waals surface area contributed by atoms with Gasteiger partial charge >= 0.3 is 0 Å². The van der Waals surface area contributed by atoms with Crippen molar-refractivity contribution < 1.29 is 4.39 Å². The van der Waals surface area contributed by atoms with Gasteiger partial charge in [0.15, 0.2) is 0 Å². The van der Waals surface area contributed by atoms with Crippen molar-refractivity contribution in [3.63, 3.8) is 0 Å². The van der Waals surface area contributed by atoms with Crippen molar-refractivity contribution in [1.29, 1.82) is 0 Å². The fraction of sp³-hybridized carbons (Fsp3) is 0.222. The molecule has 0 spiro atoms. The van der Waals surface area contributed by atoms with Crippen LogP contribution in [0.3, 0.4) is 0 Å². The molecule has 0 fully saturated rings. The van der Waals surface area contributed by atoms with E-state index in [-0.39, 0.29) is 11.5 Å². The number of nitrogens with two attached hydrogens (primary N) is 1. The van der Waals surface area contributed by atoms with E-state index in [9.17, 15) is 4.39 Å². The predicted octanol–water partition coefficient (Wildman–Crippen LogP) is 2.91. The molecule has 0 aliphatic carbocycles. The van der Waals surface area contributed by atoms with E-state index in [2.05, 4.69) is 20.9 Å². The number of nitrogens with zero attached hydrogens (tertiary/aromatic N) is 1. The Morgan fingerprint density at radius 1 is 1.54 bits per heavy atom. The number of hydrogen-bond donors (Lipinski definition) is 1. The molecule has 0 saturated heterocycles. The van der Waals surface area contributed by atoms with Crippen LogP contribution in [0.4, 0.5) is 10.1 Å². The molecule has 0 aromatic heterocycles. The van der Waals surface area contributed by atoms with Crippen LogP contribution in [-0.2, 0) is 0 Å². The first kappa shape index (κ1) is 10.2. The summed E-state index contributed by atoms with van der Waals surface area (Å²) in [6.07, 6.45) is 0. The fourth-order valence-electron chi connectivity index (χ4n) is 0.918. The number of aryl methyl sites for hydroxylation is 1.